The summed E-state index contributed by atoms with van der Waals surface area (Å²) < 4.78 is 4.93. The highest BCUT2D eigenvalue weighted by molar-refractivity contribution is 7.11. The van der Waals surface area contributed by atoms with E-state index in [0.29, 0.717) is 17.7 Å². The summed E-state index contributed by atoms with van der Waals surface area (Å²) in [6, 6.07) is 0.516. The molecule has 5 nitrogen and oxygen atoms in total. The van der Waals surface area contributed by atoms with E-state index in [-0.39, 0.29) is 5.97 Å². The van der Waals surface area contributed by atoms with Gasteiger partial charge in [-0.2, -0.15) is 0 Å². The van der Waals surface area contributed by atoms with Gasteiger partial charge in [-0.3, -0.25) is 4.90 Å². The van der Waals surface area contributed by atoms with Crippen LogP contribution in [-0.4, -0.2) is 48.1 Å². The molecule has 6 heteroatoms. The van der Waals surface area contributed by atoms with E-state index in [1.807, 2.05) is 5.38 Å². The van der Waals surface area contributed by atoms with Gasteiger partial charge in [0.25, 0.3) is 0 Å². The highest BCUT2D eigenvalue weighted by Crippen LogP contribution is 2.14. The van der Waals surface area contributed by atoms with E-state index in [0.717, 1.165) is 31.9 Å². The first-order valence-corrected chi connectivity index (χ1v) is 7.14. The molecular formula is C12H19N3O2S. The first-order valence-electron chi connectivity index (χ1n) is 6.26. The van der Waals surface area contributed by atoms with Crippen LogP contribution in [-0.2, 0) is 11.3 Å². The number of ether oxygens (including phenoxy) is 1. The highest BCUT2D eigenvalue weighted by atomic mass is 32.1. The highest BCUT2D eigenvalue weighted by Gasteiger charge is 2.18. The molecule has 1 saturated heterocycles. The Morgan fingerprint density at radius 2 is 2.56 bits per heavy atom. The zero-order valence-electron chi connectivity index (χ0n) is 10.8. The first kappa shape index (κ1) is 13.5. The zero-order valence-corrected chi connectivity index (χ0v) is 11.6. The van der Waals surface area contributed by atoms with Crippen LogP contribution in [0.1, 0.15) is 29.3 Å². The third-order valence-corrected chi connectivity index (χ3v) is 3.71. The molecule has 0 radical (unpaired) electrons. The number of nitrogens with one attached hydrogen (secondary N) is 1. The Labute approximate surface area is 111 Å². The molecule has 1 aliphatic heterocycles. The van der Waals surface area contributed by atoms with Crippen molar-refractivity contribution in [2.75, 3.05) is 26.2 Å². The normalized spacial score (nSPS) is 20.9. The van der Waals surface area contributed by atoms with Gasteiger partial charge in [0.15, 0.2) is 0 Å². The molecule has 0 spiro atoms. The lowest BCUT2D eigenvalue weighted by molar-refractivity contribution is 0.0525. The lowest BCUT2D eigenvalue weighted by Crippen LogP contribution is -2.48. The number of aromatic nitrogens is 1. The van der Waals surface area contributed by atoms with Crippen molar-refractivity contribution in [1.82, 2.24) is 15.2 Å². The van der Waals surface area contributed by atoms with Gasteiger partial charge in [0.05, 0.1) is 12.3 Å². The van der Waals surface area contributed by atoms with E-state index in [9.17, 15) is 4.79 Å². The molecule has 0 saturated carbocycles. The van der Waals surface area contributed by atoms with E-state index in [1.54, 1.807) is 6.92 Å². The van der Waals surface area contributed by atoms with E-state index in [2.05, 4.69) is 22.1 Å². The summed E-state index contributed by atoms with van der Waals surface area (Å²) in [6.45, 7) is 8.23. The van der Waals surface area contributed by atoms with Gasteiger partial charge in [-0.1, -0.05) is 0 Å². The van der Waals surface area contributed by atoms with Gasteiger partial charge in [-0.15, -0.1) is 11.3 Å². The van der Waals surface area contributed by atoms with Crippen LogP contribution in [0.4, 0.5) is 0 Å². The molecule has 1 aromatic rings. The molecule has 0 amide bonds. The standard InChI is InChI=1S/C12H19N3O2S/c1-3-17-12(16)11-14-10(8-18-11)7-15-5-4-13-9(2)6-15/h8-9,13H,3-7H2,1-2H3/t9-/m0/s1. The topological polar surface area (TPSA) is 54.5 Å². The second-order valence-electron chi connectivity index (χ2n) is 4.45. The van der Waals surface area contributed by atoms with Crippen molar-refractivity contribution in [2.24, 2.45) is 0 Å². The van der Waals surface area contributed by atoms with Crippen molar-refractivity contribution in [2.45, 2.75) is 26.4 Å². The molecule has 1 atom stereocenters. The monoisotopic (exact) mass is 269 g/mol. The number of rotatable bonds is 4. The Hall–Kier alpha value is -0.980. The van der Waals surface area contributed by atoms with Gasteiger partial charge in [0.2, 0.25) is 5.01 Å². The summed E-state index contributed by atoms with van der Waals surface area (Å²) >= 11 is 1.36. The third kappa shape index (κ3) is 3.51. The maximum atomic E-state index is 11.5. The molecule has 18 heavy (non-hydrogen) atoms. The number of hydrogen-bond acceptors (Lipinski definition) is 6. The summed E-state index contributed by atoms with van der Waals surface area (Å²) in [5, 5.41) is 5.80. The Morgan fingerprint density at radius 3 is 3.28 bits per heavy atom. The third-order valence-electron chi connectivity index (χ3n) is 2.84. The number of hydrogen-bond donors (Lipinski definition) is 1. The molecule has 2 heterocycles. The fourth-order valence-electron chi connectivity index (χ4n) is 2.05. The van der Waals surface area contributed by atoms with Gasteiger partial charge in [0.1, 0.15) is 0 Å². The smallest absolute Gasteiger partial charge is 0.367 e. The summed E-state index contributed by atoms with van der Waals surface area (Å²) in [6.07, 6.45) is 0. The summed E-state index contributed by atoms with van der Waals surface area (Å²) in [4.78, 5) is 18.2. The van der Waals surface area contributed by atoms with Crippen molar-refractivity contribution in [3.63, 3.8) is 0 Å². The Kier molecular flexibility index (Phi) is 4.68. The molecule has 1 fully saturated rings. The number of nitrogens with zero attached hydrogens (tertiary/aromatic N) is 2. The number of carbonyl (C=O) groups is 1. The van der Waals surface area contributed by atoms with Crippen LogP contribution in [0.5, 0.6) is 0 Å². The van der Waals surface area contributed by atoms with Crippen molar-refractivity contribution in [3.05, 3.63) is 16.1 Å². The molecule has 100 valence electrons. The molecule has 0 aromatic carbocycles. The second kappa shape index (κ2) is 6.26. The van der Waals surface area contributed by atoms with E-state index >= 15 is 0 Å². The Morgan fingerprint density at radius 1 is 1.72 bits per heavy atom. The minimum Gasteiger partial charge on any atom is -0.461 e. The molecule has 1 N–H and O–H groups in total. The van der Waals surface area contributed by atoms with Gasteiger partial charge in [0, 0.05) is 37.6 Å². The maximum Gasteiger partial charge on any atom is 0.367 e. The van der Waals surface area contributed by atoms with Crippen LogP contribution in [0, 0.1) is 0 Å². The average molecular weight is 269 g/mol. The SMILES string of the molecule is CCOC(=O)c1nc(CN2CCN[C@@H](C)C2)cs1. The molecule has 0 unspecified atom stereocenters. The quantitative estimate of drug-likeness (QED) is 0.830. The zero-order chi connectivity index (χ0) is 13.0. The van der Waals surface area contributed by atoms with Crippen LogP contribution in [0.3, 0.4) is 0 Å². The largest absolute Gasteiger partial charge is 0.461 e. The van der Waals surface area contributed by atoms with E-state index in [4.69, 9.17) is 4.74 Å². The minimum atomic E-state index is -0.317. The van der Waals surface area contributed by atoms with E-state index < -0.39 is 0 Å². The van der Waals surface area contributed by atoms with Crippen molar-refractivity contribution in [3.8, 4) is 0 Å². The molecule has 1 aliphatic rings. The van der Waals surface area contributed by atoms with Crippen LogP contribution in [0.25, 0.3) is 0 Å². The van der Waals surface area contributed by atoms with E-state index in [1.165, 1.54) is 11.3 Å². The number of piperazine rings is 1. The van der Waals surface area contributed by atoms with Crippen molar-refractivity contribution >= 4 is 17.3 Å². The summed E-state index contributed by atoms with van der Waals surface area (Å²) in [5.74, 6) is -0.317. The van der Waals surface area contributed by atoms with Crippen LogP contribution in [0.2, 0.25) is 0 Å². The van der Waals surface area contributed by atoms with Gasteiger partial charge in [-0.25, -0.2) is 9.78 Å². The van der Waals surface area contributed by atoms with Gasteiger partial charge >= 0.3 is 5.97 Å². The summed E-state index contributed by atoms with van der Waals surface area (Å²) in [5.41, 5.74) is 0.956. The van der Waals surface area contributed by atoms with Crippen LogP contribution < -0.4 is 5.32 Å². The lowest BCUT2D eigenvalue weighted by Gasteiger charge is -2.31. The minimum absolute atomic E-state index is 0.317. The predicted octanol–water partition coefficient (Wildman–Crippen LogP) is 1.11. The second-order valence-corrected chi connectivity index (χ2v) is 5.31. The molecule has 1 aromatic heterocycles. The molecular weight excluding hydrogens is 250 g/mol. The van der Waals surface area contributed by atoms with Crippen molar-refractivity contribution < 1.29 is 9.53 Å². The lowest BCUT2D eigenvalue weighted by atomic mass is 10.2. The fourth-order valence-corrected chi connectivity index (χ4v) is 2.75. The van der Waals surface area contributed by atoms with Crippen LogP contribution >= 0.6 is 11.3 Å². The molecule has 0 bridgehead atoms. The van der Waals surface area contributed by atoms with Crippen molar-refractivity contribution in [1.29, 1.82) is 0 Å². The Balaban J connectivity index is 1.91. The first-order chi connectivity index (χ1) is 8.69. The average Bonchev–Trinajstić information content (AvgIpc) is 2.78. The number of thiazole rings is 1. The Bertz CT molecular complexity index is 408. The maximum absolute atomic E-state index is 11.5. The predicted molar refractivity (Wildman–Crippen MR) is 70.8 cm³/mol. The van der Waals surface area contributed by atoms with Gasteiger partial charge in [-0.05, 0) is 13.8 Å². The van der Waals surface area contributed by atoms with Gasteiger partial charge < -0.3 is 10.1 Å². The number of esters is 1. The fraction of sp³-hybridized carbons (Fsp3) is 0.667. The molecule has 0 aliphatic carbocycles. The van der Waals surface area contributed by atoms with Crippen LogP contribution in [0.15, 0.2) is 5.38 Å². The summed E-state index contributed by atoms with van der Waals surface area (Å²) in [7, 11) is 0. The molecule has 2 rings (SSSR count). The number of carbonyl (C=O) groups excluding carboxylic acids is 1.